The van der Waals surface area contributed by atoms with Gasteiger partial charge in [0.2, 0.25) is 0 Å². The first-order chi connectivity index (χ1) is 13.6. The Morgan fingerprint density at radius 3 is 2.61 bits per heavy atom. The molecule has 0 bridgehead atoms. The molecule has 1 aromatic rings. The summed E-state index contributed by atoms with van der Waals surface area (Å²) >= 11 is 12.7. The van der Waals surface area contributed by atoms with Crippen LogP contribution in [0, 0.1) is 0 Å². The Labute approximate surface area is 178 Å². The highest BCUT2D eigenvalue weighted by atomic mass is 35.5. The molecule has 1 aromatic carbocycles. The molecule has 2 heterocycles. The van der Waals surface area contributed by atoms with Crippen molar-refractivity contribution in [2.75, 3.05) is 46.5 Å². The smallest absolute Gasteiger partial charge is 0.193 e. The lowest BCUT2D eigenvalue weighted by Crippen LogP contribution is -2.51. The summed E-state index contributed by atoms with van der Waals surface area (Å²) < 4.78 is 11.4. The fraction of sp³-hybridized carbons (Fsp3) is 0.667. The van der Waals surface area contributed by atoms with Crippen molar-refractivity contribution in [2.24, 2.45) is 4.99 Å². The molecule has 0 radical (unpaired) electrons. The quantitative estimate of drug-likeness (QED) is 0.566. The molecular formula is C21H31Cl2N3O2. The van der Waals surface area contributed by atoms with Gasteiger partial charge in [0.1, 0.15) is 0 Å². The number of ether oxygens (including phenoxy) is 2. The van der Waals surface area contributed by atoms with Crippen molar-refractivity contribution in [2.45, 2.75) is 44.1 Å². The van der Waals surface area contributed by atoms with Crippen molar-refractivity contribution >= 4 is 29.2 Å². The van der Waals surface area contributed by atoms with Gasteiger partial charge in [-0.25, -0.2) is 0 Å². The highest BCUT2D eigenvalue weighted by Crippen LogP contribution is 2.39. The summed E-state index contributed by atoms with van der Waals surface area (Å²) in [6.07, 6.45) is 4.29. The molecule has 0 saturated carbocycles. The highest BCUT2D eigenvalue weighted by molar-refractivity contribution is 6.35. The van der Waals surface area contributed by atoms with Crippen molar-refractivity contribution in [1.82, 2.24) is 10.2 Å². The zero-order valence-electron chi connectivity index (χ0n) is 16.8. The van der Waals surface area contributed by atoms with E-state index in [-0.39, 0.29) is 5.41 Å². The van der Waals surface area contributed by atoms with Gasteiger partial charge in [0.15, 0.2) is 5.96 Å². The SMILES string of the molecule is CCOC1CCN(C(=NC)NCC2(c3ccc(Cl)cc3Cl)CCOCC2)CC1. The number of halogens is 2. The van der Waals surface area contributed by atoms with Crippen LogP contribution in [-0.4, -0.2) is 63.5 Å². The van der Waals surface area contributed by atoms with Crippen molar-refractivity contribution in [3.8, 4) is 0 Å². The number of aliphatic imine (C=N–C) groups is 1. The maximum absolute atomic E-state index is 6.59. The number of rotatable bonds is 5. The first-order valence-corrected chi connectivity index (χ1v) is 10.9. The molecule has 0 aromatic heterocycles. The normalized spacial score (nSPS) is 21.0. The third kappa shape index (κ3) is 5.12. The second-order valence-corrected chi connectivity index (χ2v) is 8.40. The van der Waals surface area contributed by atoms with Gasteiger partial charge in [0.25, 0.3) is 0 Å². The van der Waals surface area contributed by atoms with E-state index in [1.807, 2.05) is 19.2 Å². The molecule has 2 fully saturated rings. The molecule has 7 heteroatoms. The third-order valence-electron chi connectivity index (χ3n) is 5.89. The predicted octanol–water partition coefficient (Wildman–Crippen LogP) is 4.12. The third-order valence-corrected chi connectivity index (χ3v) is 6.44. The van der Waals surface area contributed by atoms with Crippen molar-refractivity contribution in [3.63, 3.8) is 0 Å². The zero-order chi connectivity index (χ0) is 20.0. The van der Waals surface area contributed by atoms with Gasteiger partial charge in [0.05, 0.1) is 6.10 Å². The van der Waals surface area contributed by atoms with Gasteiger partial charge in [-0.15, -0.1) is 0 Å². The molecule has 0 unspecified atom stereocenters. The summed E-state index contributed by atoms with van der Waals surface area (Å²) in [4.78, 5) is 6.86. The molecule has 2 saturated heterocycles. The summed E-state index contributed by atoms with van der Waals surface area (Å²) in [7, 11) is 1.85. The van der Waals surface area contributed by atoms with Gasteiger partial charge in [0, 0.05) is 62.0 Å². The highest BCUT2D eigenvalue weighted by Gasteiger charge is 2.37. The minimum atomic E-state index is -0.0838. The predicted molar refractivity (Wildman–Crippen MR) is 116 cm³/mol. The Hall–Kier alpha value is -1.01. The Morgan fingerprint density at radius 2 is 2.00 bits per heavy atom. The van der Waals surface area contributed by atoms with Crippen LogP contribution in [0.3, 0.4) is 0 Å². The summed E-state index contributed by atoms with van der Waals surface area (Å²) in [5, 5.41) is 5.01. The molecule has 0 atom stereocenters. The van der Waals surface area contributed by atoms with E-state index in [2.05, 4.69) is 28.2 Å². The maximum Gasteiger partial charge on any atom is 0.193 e. The summed E-state index contributed by atoms with van der Waals surface area (Å²) in [6.45, 7) is 7.00. The molecule has 3 rings (SSSR count). The minimum Gasteiger partial charge on any atom is -0.381 e. The van der Waals surface area contributed by atoms with E-state index < -0.39 is 0 Å². The van der Waals surface area contributed by atoms with E-state index in [0.29, 0.717) is 11.1 Å². The molecular weight excluding hydrogens is 397 g/mol. The zero-order valence-corrected chi connectivity index (χ0v) is 18.4. The molecule has 156 valence electrons. The number of hydrogen-bond acceptors (Lipinski definition) is 3. The molecule has 2 aliphatic rings. The Balaban J connectivity index is 1.69. The van der Waals surface area contributed by atoms with Gasteiger partial charge in [-0.3, -0.25) is 4.99 Å². The van der Waals surface area contributed by atoms with Crippen LogP contribution in [0.15, 0.2) is 23.2 Å². The van der Waals surface area contributed by atoms with E-state index in [4.69, 9.17) is 32.7 Å². The second kappa shape index (κ2) is 10.1. The fourth-order valence-corrected chi connectivity index (χ4v) is 4.88. The van der Waals surface area contributed by atoms with Gasteiger partial charge in [-0.2, -0.15) is 0 Å². The van der Waals surface area contributed by atoms with Crippen LogP contribution in [0.2, 0.25) is 10.0 Å². The molecule has 2 aliphatic heterocycles. The number of hydrogen-bond donors (Lipinski definition) is 1. The van der Waals surface area contributed by atoms with Crippen molar-refractivity contribution < 1.29 is 9.47 Å². The van der Waals surface area contributed by atoms with Gasteiger partial charge in [-0.05, 0) is 50.3 Å². The first kappa shape index (κ1) is 21.7. The standard InChI is InChI=1S/C21H31Cl2N3O2/c1-3-28-17-6-10-26(11-7-17)20(24-2)25-15-21(8-12-27-13-9-21)18-5-4-16(22)14-19(18)23/h4-5,14,17H,3,6-13,15H2,1-2H3,(H,24,25). The Kier molecular flexibility index (Phi) is 7.86. The minimum absolute atomic E-state index is 0.0838. The summed E-state index contributed by atoms with van der Waals surface area (Å²) in [6, 6.07) is 5.82. The van der Waals surface area contributed by atoms with Gasteiger partial charge >= 0.3 is 0 Å². The molecule has 5 nitrogen and oxygen atoms in total. The van der Waals surface area contributed by atoms with Crippen LogP contribution >= 0.6 is 23.2 Å². The largest absolute Gasteiger partial charge is 0.381 e. The number of benzene rings is 1. The van der Waals surface area contributed by atoms with Crippen LogP contribution in [0.1, 0.15) is 38.2 Å². The van der Waals surface area contributed by atoms with Crippen LogP contribution < -0.4 is 5.32 Å². The maximum atomic E-state index is 6.59. The molecule has 0 spiro atoms. The second-order valence-electron chi connectivity index (χ2n) is 7.56. The van der Waals surface area contributed by atoms with E-state index in [0.717, 1.165) is 81.7 Å². The van der Waals surface area contributed by atoms with Crippen LogP contribution in [0.5, 0.6) is 0 Å². The van der Waals surface area contributed by atoms with Crippen molar-refractivity contribution in [3.05, 3.63) is 33.8 Å². The molecule has 28 heavy (non-hydrogen) atoms. The Bertz CT molecular complexity index is 670. The van der Waals surface area contributed by atoms with Crippen molar-refractivity contribution in [1.29, 1.82) is 0 Å². The summed E-state index contributed by atoms with van der Waals surface area (Å²) in [5.41, 5.74) is 1.05. The average Bonchev–Trinajstić information content (AvgIpc) is 2.70. The van der Waals surface area contributed by atoms with E-state index in [1.165, 1.54) is 0 Å². The lowest BCUT2D eigenvalue weighted by atomic mass is 9.74. The number of likely N-dealkylation sites (tertiary alicyclic amines) is 1. The number of nitrogens with one attached hydrogen (secondary N) is 1. The molecule has 1 N–H and O–H groups in total. The van der Waals surface area contributed by atoms with Crippen LogP contribution in [0.4, 0.5) is 0 Å². The monoisotopic (exact) mass is 427 g/mol. The molecule has 0 amide bonds. The number of guanidine groups is 1. The topological polar surface area (TPSA) is 46.1 Å². The average molecular weight is 428 g/mol. The van der Waals surface area contributed by atoms with E-state index in [1.54, 1.807) is 0 Å². The van der Waals surface area contributed by atoms with Crippen LogP contribution in [-0.2, 0) is 14.9 Å². The first-order valence-electron chi connectivity index (χ1n) is 10.2. The summed E-state index contributed by atoms with van der Waals surface area (Å²) in [5.74, 6) is 0.950. The van der Waals surface area contributed by atoms with E-state index in [9.17, 15) is 0 Å². The number of piperidine rings is 1. The lowest BCUT2D eigenvalue weighted by molar-refractivity contribution is 0.0259. The van der Waals surface area contributed by atoms with Gasteiger partial charge in [-0.1, -0.05) is 29.3 Å². The molecule has 0 aliphatic carbocycles. The van der Waals surface area contributed by atoms with Gasteiger partial charge < -0.3 is 19.7 Å². The lowest BCUT2D eigenvalue weighted by Gasteiger charge is -2.40. The number of nitrogens with zero attached hydrogens (tertiary/aromatic N) is 2. The fourth-order valence-electron chi connectivity index (χ4n) is 4.27. The Morgan fingerprint density at radius 1 is 1.29 bits per heavy atom. The van der Waals surface area contributed by atoms with E-state index >= 15 is 0 Å². The van der Waals surface area contributed by atoms with Crippen LogP contribution in [0.25, 0.3) is 0 Å².